The van der Waals surface area contributed by atoms with Gasteiger partial charge in [-0.15, -0.1) is 0 Å². The Hall–Kier alpha value is -5.23. The molecule has 0 radical (unpaired) electrons. The van der Waals surface area contributed by atoms with Gasteiger partial charge in [-0.25, -0.2) is 14.8 Å². The van der Waals surface area contributed by atoms with E-state index < -0.39 is 6.04 Å². The number of rotatable bonds is 6. The highest BCUT2D eigenvalue weighted by atomic mass is 16.1. The molecule has 3 heterocycles. The Labute approximate surface area is 218 Å². The Morgan fingerprint density at radius 1 is 1.08 bits per heavy atom. The standard InChI is InChI=1S/C29H25N7O2/c1-4-35-17-20(13-14-25(35)37)22-12-8-9-19-15-24(18(2)33-27-23(31-3)16-32-29(30)34-27)36(28(38)26(19)22)21-10-6-5-7-11-21/h5-18H,4H2,1-2H3,(H3,30,32,33,34)/t18-/m0/s1. The summed E-state index contributed by atoms with van der Waals surface area (Å²) in [6.45, 7) is 11.8. The average molecular weight is 504 g/mol. The molecule has 0 spiro atoms. The third kappa shape index (κ3) is 4.40. The van der Waals surface area contributed by atoms with Crippen LogP contribution in [0.3, 0.4) is 0 Å². The van der Waals surface area contributed by atoms with Gasteiger partial charge in [0.1, 0.15) is 5.82 Å². The largest absolute Gasteiger partial charge is 0.371 e. The minimum atomic E-state index is -0.423. The van der Waals surface area contributed by atoms with E-state index in [2.05, 4.69) is 20.1 Å². The van der Waals surface area contributed by atoms with Gasteiger partial charge < -0.3 is 15.6 Å². The second kappa shape index (κ2) is 10.0. The van der Waals surface area contributed by atoms with E-state index in [1.165, 1.54) is 12.3 Å². The molecule has 0 aliphatic heterocycles. The maximum Gasteiger partial charge on any atom is 0.263 e. The number of hydrogen-bond acceptors (Lipinski definition) is 6. The van der Waals surface area contributed by atoms with Crippen molar-refractivity contribution < 1.29 is 0 Å². The summed E-state index contributed by atoms with van der Waals surface area (Å²) in [5.74, 6) is 0.340. The zero-order valence-corrected chi connectivity index (χ0v) is 20.9. The number of nitrogens with two attached hydrogens (primary N) is 1. The zero-order valence-electron chi connectivity index (χ0n) is 20.9. The fourth-order valence-corrected chi connectivity index (χ4v) is 4.58. The average Bonchev–Trinajstić information content (AvgIpc) is 2.93. The molecule has 0 saturated heterocycles. The summed E-state index contributed by atoms with van der Waals surface area (Å²) in [5.41, 5.74) is 8.62. The Morgan fingerprint density at radius 3 is 2.61 bits per heavy atom. The molecule has 0 aliphatic rings. The number of nitrogens with zero attached hydrogens (tertiary/aromatic N) is 5. The quantitative estimate of drug-likeness (QED) is 0.318. The van der Waals surface area contributed by atoms with Crippen LogP contribution in [0, 0.1) is 6.57 Å². The minimum absolute atomic E-state index is 0.0455. The van der Waals surface area contributed by atoms with Gasteiger partial charge in [0, 0.05) is 36.4 Å². The highest BCUT2D eigenvalue weighted by Gasteiger charge is 2.20. The van der Waals surface area contributed by atoms with Crippen molar-refractivity contribution in [3.8, 4) is 16.8 Å². The van der Waals surface area contributed by atoms with Gasteiger partial charge in [-0.05, 0) is 54.6 Å². The van der Waals surface area contributed by atoms with Crippen LogP contribution in [-0.2, 0) is 6.54 Å². The lowest BCUT2D eigenvalue weighted by molar-refractivity contribution is 0.728. The number of benzene rings is 2. The maximum absolute atomic E-state index is 14.3. The smallest absolute Gasteiger partial charge is 0.263 e. The van der Waals surface area contributed by atoms with Crippen molar-refractivity contribution in [2.45, 2.75) is 26.4 Å². The molecule has 3 aromatic heterocycles. The summed E-state index contributed by atoms with van der Waals surface area (Å²) in [6.07, 6.45) is 3.16. The van der Waals surface area contributed by atoms with Crippen molar-refractivity contribution in [2.75, 3.05) is 11.1 Å². The number of hydrogen-bond donors (Lipinski definition) is 2. The molecule has 0 bridgehead atoms. The zero-order chi connectivity index (χ0) is 26.8. The number of pyridine rings is 2. The molecular formula is C29H25N7O2. The van der Waals surface area contributed by atoms with Crippen molar-refractivity contribution in [3.63, 3.8) is 0 Å². The molecule has 1 atom stereocenters. The van der Waals surface area contributed by atoms with Crippen LogP contribution in [0.4, 0.5) is 17.5 Å². The van der Waals surface area contributed by atoms with Gasteiger partial charge in [-0.1, -0.05) is 36.4 Å². The van der Waals surface area contributed by atoms with Gasteiger partial charge in [-0.3, -0.25) is 14.2 Å². The van der Waals surface area contributed by atoms with Crippen LogP contribution in [0.15, 0.2) is 88.7 Å². The third-order valence-corrected chi connectivity index (χ3v) is 6.43. The molecule has 9 heteroatoms. The molecule has 9 nitrogen and oxygen atoms in total. The Morgan fingerprint density at radius 2 is 1.87 bits per heavy atom. The van der Waals surface area contributed by atoms with Gasteiger partial charge in [0.05, 0.1) is 18.0 Å². The number of nitrogens with one attached hydrogen (secondary N) is 1. The first-order valence-electron chi connectivity index (χ1n) is 12.1. The number of nitrogen functional groups attached to an aromatic ring is 1. The molecule has 38 heavy (non-hydrogen) atoms. The number of fused-ring (bicyclic) bond motifs is 1. The van der Waals surface area contributed by atoms with Crippen molar-refractivity contribution >= 4 is 28.2 Å². The molecule has 0 saturated carbocycles. The van der Waals surface area contributed by atoms with Crippen LogP contribution in [-0.4, -0.2) is 19.1 Å². The summed E-state index contributed by atoms with van der Waals surface area (Å²) in [6, 6.07) is 19.9. The Balaban J connectivity index is 1.75. The van der Waals surface area contributed by atoms with Gasteiger partial charge in [-0.2, -0.15) is 0 Å². The SMILES string of the molecule is [C-]#[N+]c1cnc(N)nc1N[C@@H](C)c1cc2cccc(-c3ccc(=O)n(CC)c3)c2c(=O)n1-c1ccccc1. The van der Waals surface area contributed by atoms with Crippen LogP contribution < -0.4 is 22.2 Å². The molecule has 2 aromatic carbocycles. The predicted octanol–water partition coefficient (Wildman–Crippen LogP) is 4.94. The number of para-hydroxylation sites is 1. The van der Waals surface area contributed by atoms with E-state index in [-0.39, 0.29) is 22.8 Å². The molecule has 5 rings (SSSR count). The molecular weight excluding hydrogens is 478 g/mol. The van der Waals surface area contributed by atoms with Gasteiger partial charge in [0.2, 0.25) is 11.6 Å². The van der Waals surface area contributed by atoms with E-state index in [0.29, 0.717) is 29.1 Å². The van der Waals surface area contributed by atoms with Crippen LogP contribution >= 0.6 is 0 Å². The number of aryl methyl sites for hydroxylation is 1. The fraction of sp³-hybridized carbons (Fsp3) is 0.138. The first-order valence-corrected chi connectivity index (χ1v) is 12.1. The summed E-state index contributed by atoms with van der Waals surface area (Å²) < 4.78 is 3.29. The van der Waals surface area contributed by atoms with Gasteiger partial charge in [0.25, 0.3) is 11.1 Å². The molecule has 3 N–H and O–H groups in total. The molecule has 5 aromatic rings. The highest BCUT2D eigenvalue weighted by molar-refractivity contribution is 5.96. The fourth-order valence-electron chi connectivity index (χ4n) is 4.58. The van der Waals surface area contributed by atoms with Crippen LogP contribution in [0.25, 0.3) is 32.4 Å². The van der Waals surface area contributed by atoms with Crippen molar-refractivity contribution in [1.82, 2.24) is 19.1 Å². The van der Waals surface area contributed by atoms with Crippen molar-refractivity contribution in [3.05, 3.63) is 117 Å². The molecule has 0 unspecified atom stereocenters. The van der Waals surface area contributed by atoms with Gasteiger partial charge >= 0.3 is 0 Å². The lowest BCUT2D eigenvalue weighted by Crippen LogP contribution is -2.26. The monoisotopic (exact) mass is 503 g/mol. The summed E-state index contributed by atoms with van der Waals surface area (Å²) >= 11 is 0. The molecule has 0 aliphatic carbocycles. The Bertz CT molecular complexity index is 1820. The minimum Gasteiger partial charge on any atom is -0.371 e. The lowest BCUT2D eigenvalue weighted by atomic mass is 9.98. The lowest BCUT2D eigenvalue weighted by Gasteiger charge is -2.22. The number of aromatic nitrogens is 4. The van der Waals surface area contributed by atoms with Crippen LogP contribution in [0.1, 0.15) is 25.6 Å². The summed E-state index contributed by atoms with van der Waals surface area (Å²) in [4.78, 5) is 38.1. The Kier molecular flexibility index (Phi) is 6.46. The van der Waals surface area contributed by atoms with Crippen molar-refractivity contribution in [1.29, 1.82) is 0 Å². The summed E-state index contributed by atoms with van der Waals surface area (Å²) in [7, 11) is 0. The molecule has 0 amide bonds. The second-order valence-corrected chi connectivity index (χ2v) is 8.80. The predicted molar refractivity (Wildman–Crippen MR) is 150 cm³/mol. The van der Waals surface area contributed by atoms with Gasteiger partial charge in [0.15, 0.2) is 0 Å². The topological polar surface area (TPSA) is 112 Å². The highest BCUT2D eigenvalue weighted by Crippen LogP contribution is 2.31. The van der Waals surface area contributed by atoms with E-state index in [0.717, 1.165) is 16.5 Å². The van der Waals surface area contributed by atoms with Crippen LogP contribution in [0.2, 0.25) is 0 Å². The van der Waals surface area contributed by atoms with Crippen molar-refractivity contribution in [2.24, 2.45) is 0 Å². The normalized spacial score (nSPS) is 11.7. The van der Waals surface area contributed by atoms with E-state index in [1.54, 1.807) is 21.4 Å². The number of anilines is 2. The first-order chi connectivity index (χ1) is 18.4. The summed E-state index contributed by atoms with van der Waals surface area (Å²) in [5, 5.41) is 4.54. The first kappa shape index (κ1) is 24.5. The van der Waals surface area contributed by atoms with E-state index in [1.807, 2.05) is 68.4 Å². The third-order valence-electron chi connectivity index (χ3n) is 6.43. The van der Waals surface area contributed by atoms with E-state index in [9.17, 15) is 9.59 Å². The van der Waals surface area contributed by atoms with E-state index >= 15 is 0 Å². The molecule has 188 valence electrons. The molecule has 0 fully saturated rings. The second-order valence-electron chi connectivity index (χ2n) is 8.80. The van der Waals surface area contributed by atoms with Crippen LogP contribution in [0.5, 0.6) is 0 Å². The van der Waals surface area contributed by atoms with E-state index in [4.69, 9.17) is 12.3 Å². The maximum atomic E-state index is 14.3.